The largest absolute Gasteiger partial charge is 0.413 e. The number of benzene rings is 1. The fraction of sp³-hybridized carbons (Fsp3) is 0.440. The number of fused-ring (bicyclic) bond motifs is 1. The van der Waals surface area contributed by atoms with E-state index in [1.165, 1.54) is 0 Å². The van der Waals surface area contributed by atoms with Crippen LogP contribution < -0.4 is 15.7 Å². The Morgan fingerprint density at radius 3 is 2.68 bits per heavy atom. The first-order valence-electron chi connectivity index (χ1n) is 11.4. The minimum Gasteiger partial charge on any atom is -0.413 e. The van der Waals surface area contributed by atoms with Gasteiger partial charge in [-0.15, -0.1) is 5.48 Å². The molecule has 3 unspecified atom stereocenters. The number of hydrogen-bond acceptors (Lipinski definition) is 9. The number of nitrogens with zero attached hydrogens (tertiary/aromatic N) is 2. The van der Waals surface area contributed by atoms with Crippen molar-refractivity contribution in [3.8, 4) is 0 Å². The molecule has 2 aromatic rings. The molecule has 0 amide bonds. The predicted molar refractivity (Wildman–Crippen MR) is 129 cm³/mol. The molecule has 34 heavy (non-hydrogen) atoms. The molecule has 0 aliphatic carbocycles. The molecule has 0 saturated carbocycles. The van der Waals surface area contributed by atoms with Crippen molar-refractivity contribution in [3.05, 3.63) is 59.1 Å². The molecule has 2 aliphatic heterocycles. The van der Waals surface area contributed by atoms with Crippen molar-refractivity contribution >= 4 is 22.7 Å². The number of ketones is 1. The molecular weight excluding hydrogens is 436 g/mol. The number of aliphatic hydroxyl groups is 1. The summed E-state index contributed by atoms with van der Waals surface area (Å²) in [6.45, 7) is 11.7. The lowest BCUT2D eigenvalue weighted by Gasteiger charge is -2.34. The molecule has 0 spiro atoms. The van der Waals surface area contributed by atoms with Crippen LogP contribution in [0, 0.1) is 0 Å². The molecule has 9 heteroatoms. The van der Waals surface area contributed by atoms with E-state index in [0.29, 0.717) is 35.0 Å². The topological polar surface area (TPSA) is 105 Å². The number of aromatic nitrogens is 1. The van der Waals surface area contributed by atoms with E-state index >= 15 is 0 Å². The standard InChI is InChI=1S/C25H32N4O5/c1-7-32-23-27-21-17(22(30)18-10-8-9-11-26-18)12-16(20-14(2)28-34-15(20)3)13-19(21)29(23)24(31)33-25(4,5)6/h8-14,23-24,27-28,31H,7H2,1-6H3. The third-order valence-corrected chi connectivity index (χ3v) is 5.59. The van der Waals surface area contributed by atoms with Gasteiger partial charge in [0.2, 0.25) is 18.5 Å². The third-order valence-electron chi connectivity index (χ3n) is 5.59. The highest BCUT2D eigenvalue weighted by molar-refractivity contribution is 6.14. The Morgan fingerprint density at radius 2 is 2.09 bits per heavy atom. The molecule has 0 radical (unpaired) electrons. The van der Waals surface area contributed by atoms with Gasteiger partial charge in [0, 0.05) is 18.4 Å². The summed E-state index contributed by atoms with van der Waals surface area (Å²) in [6, 6.07) is 8.88. The van der Waals surface area contributed by atoms with Crippen LogP contribution in [-0.2, 0) is 14.3 Å². The van der Waals surface area contributed by atoms with Gasteiger partial charge in [0.1, 0.15) is 11.5 Å². The second-order valence-electron chi connectivity index (χ2n) is 9.29. The second kappa shape index (κ2) is 9.34. The quantitative estimate of drug-likeness (QED) is 0.415. The number of allylic oxidation sites excluding steroid dienone is 1. The average Bonchev–Trinajstić information content (AvgIpc) is 3.31. The SMILES string of the molecule is CCOC1Nc2c(C(=O)c3ccccn3)cc(C3=C(C)ONC3C)cc2N1C(O)OC(C)(C)C. The molecule has 2 aliphatic rings. The summed E-state index contributed by atoms with van der Waals surface area (Å²) >= 11 is 0. The van der Waals surface area contributed by atoms with Crippen molar-refractivity contribution in [2.75, 3.05) is 16.8 Å². The van der Waals surface area contributed by atoms with Crippen LogP contribution in [0.4, 0.5) is 11.4 Å². The van der Waals surface area contributed by atoms with E-state index in [1.54, 1.807) is 29.3 Å². The Labute approximate surface area is 199 Å². The maximum Gasteiger partial charge on any atom is 0.241 e. The zero-order valence-electron chi connectivity index (χ0n) is 20.4. The van der Waals surface area contributed by atoms with Crippen molar-refractivity contribution in [1.29, 1.82) is 0 Å². The number of rotatable bonds is 7. The highest BCUT2D eigenvalue weighted by atomic mass is 16.7. The molecule has 0 fully saturated rings. The van der Waals surface area contributed by atoms with Gasteiger partial charge in [0.25, 0.3) is 0 Å². The minimum atomic E-state index is -1.32. The number of ether oxygens (including phenoxy) is 2. The summed E-state index contributed by atoms with van der Waals surface area (Å²) in [7, 11) is 0. The van der Waals surface area contributed by atoms with Crippen molar-refractivity contribution in [2.24, 2.45) is 0 Å². The van der Waals surface area contributed by atoms with E-state index in [0.717, 1.165) is 11.1 Å². The van der Waals surface area contributed by atoms with Gasteiger partial charge in [0.05, 0.1) is 28.6 Å². The molecule has 182 valence electrons. The van der Waals surface area contributed by atoms with Crippen molar-refractivity contribution < 1.29 is 24.2 Å². The number of carbonyl (C=O) groups is 1. The molecule has 0 saturated heterocycles. The van der Waals surface area contributed by atoms with E-state index in [-0.39, 0.29) is 11.8 Å². The van der Waals surface area contributed by atoms with Gasteiger partial charge in [0.15, 0.2) is 0 Å². The Kier molecular flexibility index (Phi) is 6.64. The number of aliphatic hydroxyl groups excluding tert-OH is 1. The molecule has 4 rings (SSSR count). The summed E-state index contributed by atoms with van der Waals surface area (Å²) in [4.78, 5) is 25.0. The predicted octanol–water partition coefficient (Wildman–Crippen LogP) is 3.61. The smallest absolute Gasteiger partial charge is 0.241 e. The van der Waals surface area contributed by atoms with Crippen LogP contribution in [0.2, 0.25) is 0 Å². The first-order chi connectivity index (χ1) is 16.1. The highest BCUT2D eigenvalue weighted by Crippen LogP contribution is 2.43. The minimum absolute atomic E-state index is 0.0860. The van der Waals surface area contributed by atoms with Gasteiger partial charge in [-0.25, -0.2) is 0 Å². The van der Waals surface area contributed by atoms with Gasteiger partial charge in [-0.3, -0.25) is 14.7 Å². The van der Waals surface area contributed by atoms with Crippen LogP contribution >= 0.6 is 0 Å². The summed E-state index contributed by atoms with van der Waals surface area (Å²) in [6.07, 6.45) is -0.457. The Hall–Kier alpha value is -2.98. The molecular formula is C25H32N4O5. The summed E-state index contributed by atoms with van der Waals surface area (Å²) in [5.41, 5.74) is 5.94. The first kappa shape index (κ1) is 24.2. The van der Waals surface area contributed by atoms with E-state index in [1.807, 2.05) is 53.7 Å². The Balaban J connectivity index is 1.89. The van der Waals surface area contributed by atoms with Crippen LogP contribution in [0.1, 0.15) is 63.2 Å². The molecule has 3 heterocycles. The lowest BCUT2D eigenvalue weighted by Crippen LogP contribution is -2.48. The molecule has 0 bridgehead atoms. The van der Waals surface area contributed by atoms with E-state index in [4.69, 9.17) is 14.3 Å². The molecule has 3 atom stereocenters. The number of nitrogens with one attached hydrogen (secondary N) is 2. The monoisotopic (exact) mass is 468 g/mol. The van der Waals surface area contributed by atoms with Crippen molar-refractivity contribution in [3.63, 3.8) is 0 Å². The van der Waals surface area contributed by atoms with Crippen molar-refractivity contribution in [2.45, 2.75) is 66.0 Å². The maximum absolute atomic E-state index is 13.6. The zero-order valence-corrected chi connectivity index (χ0v) is 20.4. The van der Waals surface area contributed by atoms with Crippen molar-refractivity contribution in [1.82, 2.24) is 10.5 Å². The van der Waals surface area contributed by atoms with E-state index < -0.39 is 18.4 Å². The van der Waals surface area contributed by atoms with Gasteiger partial charge < -0.3 is 24.7 Å². The van der Waals surface area contributed by atoms with Gasteiger partial charge in [-0.1, -0.05) is 6.07 Å². The Bertz CT molecular complexity index is 1100. The molecule has 9 nitrogen and oxygen atoms in total. The lowest BCUT2D eigenvalue weighted by atomic mass is 9.93. The summed E-state index contributed by atoms with van der Waals surface area (Å²) in [5.74, 6) is 0.473. The van der Waals surface area contributed by atoms with Crippen LogP contribution in [0.3, 0.4) is 0 Å². The third kappa shape index (κ3) is 4.65. The summed E-state index contributed by atoms with van der Waals surface area (Å²) in [5, 5.41) is 14.3. The number of hydroxylamine groups is 1. The fourth-order valence-corrected chi connectivity index (χ4v) is 4.21. The molecule has 1 aromatic carbocycles. The maximum atomic E-state index is 13.6. The molecule has 1 aromatic heterocycles. The van der Waals surface area contributed by atoms with Crippen LogP contribution in [0.5, 0.6) is 0 Å². The Morgan fingerprint density at radius 1 is 1.32 bits per heavy atom. The zero-order chi connectivity index (χ0) is 24.6. The van der Waals surface area contributed by atoms with E-state index in [9.17, 15) is 9.90 Å². The number of anilines is 2. The second-order valence-corrected chi connectivity index (χ2v) is 9.29. The summed E-state index contributed by atoms with van der Waals surface area (Å²) < 4.78 is 11.7. The average molecular weight is 469 g/mol. The fourth-order valence-electron chi connectivity index (χ4n) is 4.21. The van der Waals surface area contributed by atoms with Crippen LogP contribution in [0.15, 0.2) is 42.3 Å². The van der Waals surface area contributed by atoms with Gasteiger partial charge >= 0.3 is 0 Å². The van der Waals surface area contributed by atoms with Crippen LogP contribution in [0.25, 0.3) is 5.57 Å². The van der Waals surface area contributed by atoms with Gasteiger partial charge in [-0.05, 0) is 71.4 Å². The number of hydrogen-bond donors (Lipinski definition) is 3. The first-order valence-corrected chi connectivity index (χ1v) is 11.4. The normalized spacial score (nSPS) is 20.7. The van der Waals surface area contributed by atoms with Crippen LogP contribution in [-0.4, -0.2) is 46.9 Å². The lowest BCUT2D eigenvalue weighted by molar-refractivity contribution is -0.175. The highest BCUT2D eigenvalue weighted by Gasteiger charge is 2.40. The van der Waals surface area contributed by atoms with Gasteiger partial charge in [-0.2, -0.15) is 0 Å². The number of carbonyl (C=O) groups excluding carboxylic acids is 1. The number of pyridine rings is 1. The van der Waals surface area contributed by atoms with E-state index in [2.05, 4.69) is 15.8 Å². The molecule has 3 N–H and O–H groups in total.